The van der Waals surface area contributed by atoms with E-state index in [0.29, 0.717) is 34.9 Å². The highest BCUT2D eigenvalue weighted by atomic mass is 16.7. The number of hydrogen-bond donors (Lipinski definition) is 4. The van der Waals surface area contributed by atoms with Gasteiger partial charge in [0.1, 0.15) is 16.9 Å². The Balaban J connectivity index is 1.50. The fourth-order valence-electron chi connectivity index (χ4n) is 6.17. The summed E-state index contributed by atoms with van der Waals surface area (Å²) >= 11 is 0. The normalized spacial score (nSPS) is 25.9. The zero-order chi connectivity index (χ0) is 27.1. The maximum absolute atomic E-state index is 12.0. The SMILES string of the molecule is CC1CCC(Cn2c(C(C)(O)c3ccccc3)nc3nc(C4NOC(=O)N4)nc(N[C@H](C)C4CCC4)c32)CC1. The minimum atomic E-state index is -1.34. The number of imidazole rings is 1. The van der Waals surface area contributed by atoms with E-state index in [1.54, 1.807) is 6.92 Å². The molecule has 0 bridgehead atoms. The zero-order valence-corrected chi connectivity index (χ0v) is 23.0. The minimum absolute atomic E-state index is 0.212. The van der Waals surface area contributed by atoms with Crippen LogP contribution in [0, 0.1) is 17.8 Å². The van der Waals surface area contributed by atoms with Gasteiger partial charge in [0, 0.05) is 12.6 Å². The molecule has 1 amide bonds. The van der Waals surface area contributed by atoms with Crippen LogP contribution in [0.2, 0.25) is 0 Å². The average molecular weight is 534 g/mol. The summed E-state index contributed by atoms with van der Waals surface area (Å²) in [6.07, 6.45) is 7.06. The van der Waals surface area contributed by atoms with Crippen molar-refractivity contribution < 1.29 is 14.7 Å². The van der Waals surface area contributed by atoms with Gasteiger partial charge >= 0.3 is 6.09 Å². The Morgan fingerprint density at radius 3 is 2.51 bits per heavy atom. The van der Waals surface area contributed by atoms with E-state index in [1.165, 1.54) is 32.1 Å². The number of rotatable bonds is 8. The van der Waals surface area contributed by atoms with Gasteiger partial charge in [-0.15, -0.1) is 5.48 Å². The molecule has 10 heteroatoms. The number of aromatic nitrogens is 4. The van der Waals surface area contributed by atoms with Crippen LogP contribution >= 0.6 is 0 Å². The number of anilines is 1. The summed E-state index contributed by atoms with van der Waals surface area (Å²) < 4.78 is 2.15. The van der Waals surface area contributed by atoms with Gasteiger partial charge < -0.3 is 19.8 Å². The molecule has 3 aliphatic rings. The number of aliphatic hydroxyl groups is 1. The second kappa shape index (κ2) is 10.4. The lowest BCUT2D eigenvalue weighted by atomic mass is 9.80. The number of hydrogen-bond acceptors (Lipinski definition) is 8. The van der Waals surface area contributed by atoms with Crippen LogP contribution in [0.4, 0.5) is 10.6 Å². The van der Waals surface area contributed by atoms with E-state index in [1.807, 2.05) is 30.3 Å². The zero-order valence-electron chi connectivity index (χ0n) is 23.0. The van der Waals surface area contributed by atoms with Crippen LogP contribution in [0.15, 0.2) is 30.3 Å². The van der Waals surface area contributed by atoms with Crippen molar-refractivity contribution in [2.45, 2.75) is 90.1 Å². The quantitative estimate of drug-likeness (QED) is 0.327. The third kappa shape index (κ3) is 5.07. The molecular formula is C29H39N7O3. The van der Waals surface area contributed by atoms with Crippen LogP contribution < -0.4 is 16.1 Å². The van der Waals surface area contributed by atoms with E-state index in [-0.39, 0.29) is 6.04 Å². The first-order chi connectivity index (χ1) is 18.8. The van der Waals surface area contributed by atoms with Crippen LogP contribution in [0.3, 0.4) is 0 Å². The summed E-state index contributed by atoms with van der Waals surface area (Å²) in [6.45, 7) is 7.06. The number of hydroxylamine groups is 1. The summed E-state index contributed by atoms with van der Waals surface area (Å²) in [5.41, 5.74) is 3.37. The lowest BCUT2D eigenvalue weighted by Gasteiger charge is -2.33. The largest absolute Gasteiger partial charge is 0.427 e. The molecule has 0 spiro atoms. The molecule has 2 saturated carbocycles. The Bertz CT molecular complexity index is 1330. The first-order valence-electron chi connectivity index (χ1n) is 14.4. The third-order valence-electron chi connectivity index (χ3n) is 8.98. The number of nitrogens with zero attached hydrogens (tertiary/aromatic N) is 4. The van der Waals surface area contributed by atoms with Crippen molar-refractivity contribution in [1.82, 2.24) is 30.3 Å². The maximum Gasteiger partial charge on any atom is 0.427 e. The molecule has 2 aromatic heterocycles. The first-order valence-corrected chi connectivity index (χ1v) is 14.4. The second-order valence-corrected chi connectivity index (χ2v) is 11.9. The standard InChI is InChI=1S/C29H39N7O3/c1-17-12-14-19(15-13-17)16-36-22-23(30-18(2)20-8-7-9-20)31-25(26-34-28(37)39-35-26)32-24(22)33-27(36)29(3,38)21-10-5-4-6-11-21/h4-6,10-11,17-20,26,35,38H,7-9,12-16H2,1-3H3,(H,34,37)(H,30,31,32)/t17?,18-,19?,26?,29?/m1/s1. The van der Waals surface area contributed by atoms with Crippen LogP contribution in [-0.2, 0) is 17.0 Å². The summed E-state index contributed by atoms with van der Waals surface area (Å²) in [4.78, 5) is 31.3. The monoisotopic (exact) mass is 533 g/mol. The molecule has 2 unspecified atom stereocenters. The Kier molecular flexibility index (Phi) is 6.93. The minimum Gasteiger partial charge on any atom is -0.377 e. The molecule has 3 aromatic rings. The number of amides is 1. The summed E-state index contributed by atoms with van der Waals surface area (Å²) in [5, 5.41) is 18.4. The number of fused-ring (bicyclic) bond motifs is 1. The molecule has 3 heterocycles. The summed E-state index contributed by atoms with van der Waals surface area (Å²) in [6, 6.07) is 9.87. The fourth-order valence-corrected chi connectivity index (χ4v) is 6.17. The number of carbonyl (C=O) groups excluding carboxylic acids is 1. The van der Waals surface area contributed by atoms with E-state index in [0.717, 1.165) is 36.4 Å². The molecule has 39 heavy (non-hydrogen) atoms. The van der Waals surface area contributed by atoms with Gasteiger partial charge in [-0.3, -0.25) is 5.32 Å². The Morgan fingerprint density at radius 2 is 1.87 bits per heavy atom. The van der Waals surface area contributed by atoms with Crippen LogP contribution in [-0.4, -0.2) is 36.8 Å². The topological polar surface area (TPSA) is 126 Å². The predicted octanol–water partition coefficient (Wildman–Crippen LogP) is 4.75. The molecule has 1 saturated heterocycles. The van der Waals surface area contributed by atoms with E-state index in [2.05, 4.69) is 34.5 Å². The van der Waals surface area contributed by atoms with Crippen molar-refractivity contribution in [3.05, 3.63) is 47.5 Å². The number of carbonyl (C=O) groups is 1. The Morgan fingerprint density at radius 1 is 1.13 bits per heavy atom. The highest BCUT2D eigenvalue weighted by molar-refractivity contribution is 5.84. The predicted molar refractivity (Wildman–Crippen MR) is 147 cm³/mol. The van der Waals surface area contributed by atoms with Crippen molar-refractivity contribution in [2.24, 2.45) is 17.8 Å². The number of nitrogens with one attached hydrogen (secondary N) is 3. The molecular weight excluding hydrogens is 494 g/mol. The lowest BCUT2D eigenvalue weighted by molar-refractivity contribution is 0.0866. The van der Waals surface area contributed by atoms with E-state index in [4.69, 9.17) is 19.8 Å². The van der Waals surface area contributed by atoms with Crippen LogP contribution in [0.25, 0.3) is 11.2 Å². The molecule has 2 aliphatic carbocycles. The molecule has 10 nitrogen and oxygen atoms in total. The van der Waals surface area contributed by atoms with Crippen molar-refractivity contribution >= 4 is 23.1 Å². The van der Waals surface area contributed by atoms with Crippen molar-refractivity contribution in [3.8, 4) is 0 Å². The van der Waals surface area contributed by atoms with Crippen LogP contribution in [0.1, 0.15) is 89.1 Å². The average Bonchev–Trinajstić information content (AvgIpc) is 3.49. The van der Waals surface area contributed by atoms with Crippen LogP contribution in [0.5, 0.6) is 0 Å². The molecule has 3 fully saturated rings. The van der Waals surface area contributed by atoms with Gasteiger partial charge in [-0.05, 0) is 62.8 Å². The van der Waals surface area contributed by atoms with E-state index in [9.17, 15) is 9.90 Å². The Hall–Kier alpha value is -3.24. The van der Waals surface area contributed by atoms with E-state index < -0.39 is 17.9 Å². The molecule has 6 rings (SSSR count). The highest BCUT2D eigenvalue weighted by Gasteiger charge is 2.36. The number of benzene rings is 1. The maximum atomic E-state index is 12.0. The van der Waals surface area contributed by atoms with Crippen molar-refractivity contribution in [1.29, 1.82) is 0 Å². The Labute approximate surface area is 228 Å². The molecule has 0 radical (unpaired) electrons. The third-order valence-corrected chi connectivity index (χ3v) is 8.98. The fraction of sp³-hybridized carbons (Fsp3) is 0.586. The van der Waals surface area contributed by atoms with Gasteiger partial charge in [0.25, 0.3) is 0 Å². The highest BCUT2D eigenvalue weighted by Crippen LogP contribution is 2.38. The second-order valence-electron chi connectivity index (χ2n) is 11.9. The summed E-state index contributed by atoms with van der Waals surface area (Å²) in [5.74, 6) is 3.38. The van der Waals surface area contributed by atoms with Crippen molar-refractivity contribution in [3.63, 3.8) is 0 Å². The molecule has 4 N–H and O–H groups in total. The van der Waals surface area contributed by atoms with E-state index >= 15 is 0 Å². The van der Waals surface area contributed by atoms with Crippen molar-refractivity contribution in [2.75, 3.05) is 5.32 Å². The van der Waals surface area contributed by atoms with Gasteiger partial charge in [0.2, 0.25) is 0 Å². The van der Waals surface area contributed by atoms with Gasteiger partial charge in [-0.2, -0.15) is 0 Å². The van der Waals surface area contributed by atoms with Gasteiger partial charge in [-0.1, -0.05) is 56.5 Å². The van der Waals surface area contributed by atoms with Gasteiger partial charge in [0.15, 0.2) is 23.5 Å². The first kappa shape index (κ1) is 26.0. The smallest absolute Gasteiger partial charge is 0.377 e. The van der Waals surface area contributed by atoms with Gasteiger partial charge in [0.05, 0.1) is 0 Å². The molecule has 3 atom stereocenters. The molecule has 1 aromatic carbocycles. The molecule has 208 valence electrons. The van der Waals surface area contributed by atoms with Gasteiger partial charge in [-0.25, -0.2) is 19.7 Å². The molecule has 1 aliphatic heterocycles. The lowest BCUT2D eigenvalue weighted by Crippen LogP contribution is -2.32. The summed E-state index contributed by atoms with van der Waals surface area (Å²) in [7, 11) is 0.